The van der Waals surface area contributed by atoms with Crippen LogP contribution in [0.25, 0.3) is 0 Å². The van der Waals surface area contributed by atoms with Crippen LogP contribution in [0, 0.1) is 0 Å². The summed E-state index contributed by atoms with van der Waals surface area (Å²) < 4.78 is 25.1. The maximum Gasteiger partial charge on any atom is 0.232 e. The Morgan fingerprint density at radius 3 is 2.28 bits per heavy atom. The molecule has 0 aliphatic heterocycles. The van der Waals surface area contributed by atoms with Crippen molar-refractivity contribution in [2.45, 2.75) is 33.1 Å². The number of benzene rings is 1. The van der Waals surface area contributed by atoms with Crippen molar-refractivity contribution in [1.29, 1.82) is 0 Å². The molecule has 1 N–H and O–H groups in total. The SMILES string of the molecule is CCCCC(=O)c1ccc(NS(=O)(=O)CC)cc1. The molecule has 1 rings (SSSR count). The minimum Gasteiger partial charge on any atom is -0.294 e. The van der Waals surface area contributed by atoms with Gasteiger partial charge in [-0.25, -0.2) is 8.42 Å². The second kappa shape index (κ2) is 6.54. The highest BCUT2D eigenvalue weighted by Crippen LogP contribution is 2.13. The molecule has 5 heteroatoms. The standard InChI is InChI=1S/C13H19NO3S/c1-3-5-6-13(15)11-7-9-12(10-8-11)14-18(16,17)4-2/h7-10,14H,3-6H2,1-2H3. The van der Waals surface area contributed by atoms with Crippen LogP contribution in [0.1, 0.15) is 43.5 Å². The third-order valence-electron chi connectivity index (χ3n) is 2.62. The summed E-state index contributed by atoms with van der Waals surface area (Å²) in [6.45, 7) is 3.61. The zero-order chi connectivity index (χ0) is 13.6. The maximum absolute atomic E-state index is 11.7. The molecule has 1 aromatic rings. The lowest BCUT2D eigenvalue weighted by atomic mass is 10.1. The number of sulfonamides is 1. The number of hydrogen-bond acceptors (Lipinski definition) is 3. The van der Waals surface area contributed by atoms with Crippen LogP contribution in [0.15, 0.2) is 24.3 Å². The molecule has 0 amide bonds. The Bertz CT molecular complexity index is 491. The van der Waals surface area contributed by atoms with Crippen LogP contribution < -0.4 is 4.72 Å². The topological polar surface area (TPSA) is 63.2 Å². The molecule has 0 fully saturated rings. The van der Waals surface area contributed by atoms with Gasteiger partial charge in [-0.3, -0.25) is 9.52 Å². The van der Waals surface area contributed by atoms with Crippen LogP contribution in [0.5, 0.6) is 0 Å². The third kappa shape index (κ3) is 4.49. The average molecular weight is 269 g/mol. The molecule has 0 saturated carbocycles. The number of unbranched alkanes of at least 4 members (excludes halogenated alkanes) is 1. The summed E-state index contributed by atoms with van der Waals surface area (Å²) in [5.41, 5.74) is 1.12. The van der Waals surface area contributed by atoms with Crippen molar-refractivity contribution in [1.82, 2.24) is 0 Å². The third-order valence-corrected chi connectivity index (χ3v) is 3.92. The number of anilines is 1. The Labute approximate surface area is 108 Å². The number of hydrogen-bond donors (Lipinski definition) is 1. The van der Waals surface area contributed by atoms with Crippen molar-refractivity contribution in [2.24, 2.45) is 0 Å². The van der Waals surface area contributed by atoms with Crippen LogP contribution in [0.2, 0.25) is 0 Å². The van der Waals surface area contributed by atoms with Crippen molar-refractivity contribution in [3.05, 3.63) is 29.8 Å². The van der Waals surface area contributed by atoms with E-state index in [1.54, 1.807) is 31.2 Å². The smallest absolute Gasteiger partial charge is 0.232 e. The second-order valence-corrected chi connectivity index (χ2v) is 6.12. The lowest BCUT2D eigenvalue weighted by Gasteiger charge is -2.06. The molecule has 18 heavy (non-hydrogen) atoms. The lowest BCUT2D eigenvalue weighted by molar-refractivity contribution is 0.0980. The Morgan fingerprint density at radius 2 is 1.78 bits per heavy atom. The van der Waals surface area contributed by atoms with Gasteiger partial charge in [0.1, 0.15) is 0 Å². The normalized spacial score (nSPS) is 11.2. The monoisotopic (exact) mass is 269 g/mol. The first-order chi connectivity index (χ1) is 8.48. The van der Waals surface area contributed by atoms with Gasteiger partial charge in [0.2, 0.25) is 10.0 Å². The lowest BCUT2D eigenvalue weighted by Crippen LogP contribution is -2.14. The summed E-state index contributed by atoms with van der Waals surface area (Å²) in [6.07, 6.45) is 2.40. The Morgan fingerprint density at radius 1 is 1.17 bits per heavy atom. The molecule has 0 heterocycles. The molecule has 0 unspecified atom stereocenters. The Hall–Kier alpha value is -1.36. The number of rotatable bonds is 7. The fraction of sp³-hybridized carbons (Fsp3) is 0.462. The molecule has 0 spiro atoms. The van der Waals surface area contributed by atoms with Gasteiger partial charge in [-0.2, -0.15) is 0 Å². The van der Waals surface area contributed by atoms with Gasteiger partial charge in [0.15, 0.2) is 5.78 Å². The van der Waals surface area contributed by atoms with E-state index < -0.39 is 10.0 Å². The van der Waals surface area contributed by atoms with E-state index in [0.717, 1.165) is 12.8 Å². The van der Waals surface area contributed by atoms with E-state index in [4.69, 9.17) is 0 Å². The zero-order valence-electron chi connectivity index (χ0n) is 10.8. The first kappa shape index (κ1) is 14.7. The summed E-state index contributed by atoms with van der Waals surface area (Å²) in [5, 5.41) is 0. The van der Waals surface area contributed by atoms with Gasteiger partial charge in [0, 0.05) is 17.7 Å². The highest BCUT2D eigenvalue weighted by molar-refractivity contribution is 7.92. The predicted octanol–water partition coefficient (Wildman–Crippen LogP) is 2.82. The molecule has 4 nitrogen and oxygen atoms in total. The van der Waals surface area contributed by atoms with Gasteiger partial charge in [-0.15, -0.1) is 0 Å². The van der Waals surface area contributed by atoms with E-state index >= 15 is 0 Å². The zero-order valence-corrected chi connectivity index (χ0v) is 11.6. The van der Waals surface area contributed by atoms with Gasteiger partial charge in [-0.1, -0.05) is 13.3 Å². The Balaban J connectivity index is 2.71. The van der Waals surface area contributed by atoms with Gasteiger partial charge >= 0.3 is 0 Å². The van der Waals surface area contributed by atoms with E-state index in [0.29, 0.717) is 17.7 Å². The molecular weight excluding hydrogens is 250 g/mol. The second-order valence-electron chi connectivity index (χ2n) is 4.11. The number of ketones is 1. The average Bonchev–Trinajstić information content (AvgIpc) is 2.36. The van der Waals surface area contributed by atoms with Crippen LogP contribution in [0.3, 0.4) is 0 Å². The van der Waals surface area contributed by atoms with E-state index in [1.165, 1.54) is 0 Å². The van der Waals surface area contributed by atoms with Gasteiger partial charge in [-0.05, 0) is 37.6 Å². The molecule has 0 aliphatic carbocycles. The van der Waals surface area contributed by atoms with E-state index in [-0.39, 0.29) is 11.5 Å². The fourth-order valence-corrected chi connectivity index (χ4v) is 2.10. The van der Waals surface area contributed by atoms with E-state index in [1.807, 2.05) is 6.92 Å². The minimum atomic E-state index is -3.25. The molecule has 100 valence electrons. The van der Waals surface area contributed by atoms with E-state index in [2.05, 4.69) is 4.72 Å². The summed E-state index contributed by atoms with van der Waals surface area (Å²) in [5.74, 6) is 0.131. The number of nitrogens with one attached hydrogen (secondary N) is 1. The molecule has 0 saturated heterocycles. The van der Waals surface area contributed by atoms with Crippen molar-refractivity contribution in [3.8, 4) is 0 Å². The minimum absolute atomic E-state index is 0.0319. The largest absolute Gasteiger partial charge is 0.294 e. The molecule has 1 aromatic carbocycles. The maximum atomic E-state index is 11.7. The van der Waals surface area contributed by atoms with E-state index in [9.17, 15) is 13.2 Å². The van der Waals surface area contributed by atoms with Crippen LogP contribution in [-0.4, -0.2) is 20.0 Å². The summed E-state index contributed by atoms with van der Waals surface area (Å²) >= 11 is 0. The highest BCUT2D eigenvalue weighted by atomic mass is 32.2. The highest BCUT2D eigenvalue weighted by Gasteiger charge is 2.08. The van der Waals surface area contributed by atoms with Crippen molar-refractivity contribution >= 4 is 21.5 Å². The van der Waals surface area contributed by atoms with Crippen LogP contribution in [-0.2, 0) is 10.0 Å². The summed E-state index contributed by atoms with van der Waals surface area (Å²) in [4.78, 5) is 11.7. The summed E-state index contributed by atoms with van der Waals surface area (Å²) in [6, 6.07) is 6.55. The first-order valence-corrected chi connectivity index (χ1v) is 7.77. The van der Waals surface area contributed by atoms with Crippen molar-refractivity contribution < 1.29 is 13.2 Å². The Kier molecular flexibility index (Phi) is 5.34. The molecule has 0 atom stereocenters. The summed E-state index contributed by atoms with van der Waals surface area (Å²) in [7, 11) is -3.25. The molecule has 0 aliphatic rings. The molecule has 0 radical (unpaired) electrons. The first-order valence-electron chi connectivity index (χ1n) is 6.12. The quantitative estimate of drug-likeness (QED) is 0.774. The molecule has 0 bridgehead atoms. The predicted molar refractivity (Wildman–Crippen MR) is 73.4 cm³/mol. The van der Waals surface area contributed by atoms with Crippen LogP contribution in [0.4, 0.5) is 5.69 Å². The van der Waals surface area contributed by atoms with Crippen molar-refractivity contribution in [2.75, 3.05) is 10.5 Å². The number of carbonyl (C=O) groups is 1. The fourth-order valence-electron chi connectivity index (χ4n) is 1.46. The van der Waals surface area contributed by atoms with Gasteiger partial charge in [0.05, 0.1) is 5.75 Å². The number of Topliss-reactive ketones (excluding diaryl/α,β-unsaturated/α-hetero) is 1. The van der Waals surface area contributed by atoms with Gasteiger partial charge in [0.25, 0.3) is 0 Å². The van der Waals surface area contributed by atoms with Crippen LogP contribution >= 0.6 is 0 Å². The van der Waals surface area contributed by atoms with Crippen molar-refractivity contribution in [3.63, 3.8) is 0 Å². The number of carbonyl (C=O) groups excluding carboxylic acids is 1. The molecule has 0 aromatic heterocycles. The van der Waals surface area contributed by atoms with Gasteiger partial charge < -0.3 is 0 Å². The molecular formula is C13H19NO3S.